The predicted molar refractivity (Wildman–Crippen MR) is 70.1 cm³/mol. The molecule has 0 spiro atoms. The number of hydrogen-bond acceptors (Lipinski definition) is 4. The number of anilines is 1. The molecular weight excluding hydrogens is 322 g/mol. The van der Waals surface area contributed by atoms with E-state index in [1.165, 1.54) is 19.4 Å². The zero-order chi connectivity index (χ0) is 13.2. The summed E-state index contributed by atoms with van der Waals surface area (Å²) in [5.41, 5.74) is 0.428. The molecule has 0 aliphatic carbocycles. The summed E-state index contributed by atoms with van der Waals surface area (Å²) in [4.78, 5) is 0. The van der Waals surface area contributed by atoms with Crippen LogP contribution in [0.4, 0.5) is 5.69 Å². The number of ether oxygens (including phenoxy) is 1. The van der Waals surface area contributed by atoms with Gasteiger partial charge in [-0.1, -0.05) is 0 Å². The van der Waals surface area contributed by atoms with Gasteiger partial charge in [-0.25, -0.2) is 0 Å². The molecule has 18 heavy (non-hydrogen) atoms. The molecule has 8 heteroatoms. The second-order valence-corrected chi connectivity index (χ2v) is 5.88. The number of nitrogens with one attached hydrogen (secondary N) is 2. The predicted octanol–water partition coefficient (Wildman–Crippen LogP) is 1.98. The quantitative estimate of drug-likeness (QED) is 0.897. The van der Waals surface area contributed by atoms with E-state index in [0.717, 1.165) is 0 Å². The summed E-state index contributed by atoms with van der Waals surface area (Å²) >= 11 is 3.28. The molecular formula is C10H10BrN3O3S. The monoisotopic (exact) mass is 331 g/mol. The van der Waals surface area contributed by atoms with Crippen molar-refractivity contribution in [3.63, 3.8) is 0 Å². The molecule has 0 amide bonds. The third kappa shape index (κ3) is 2.65. The van der Waals surface area contributed by atoms with Crippen molar-refractivity contribution in [3.8, 4) is 5.75 Å². The lowest BCUT2D eigenvalue weighted by molar-refractivity contribution is 0.412. The lowest BCUT2D eigenvalue weighted by atomic mass is 10.3. The number of nitrogens with zero attached hydrogens (tertiary/aromatic N) is 1. The van der Waals surface area contributed by atoms with E-state index in [1.807, 2.05) is 0 Å². The van der Waals surface area contributed by atoms with Crippen molar-refractivity contribution in [1.29, 1.82) is 0 Å². The van der Waals surface area contributed by atoms with Crippen molar-refractivity contribution in [2.24, 2.45) is 0 Å². The maximum Gasteiger partial charge on any atom is 0.278 e. The van der Waals surface area contributed by atoms with E-state index in [1.54, 1.807) is 18.2 Å². The number of H-pyrrole nitrogens is 1. The molecule has 0 saturated carbocycles. The second-order valence-electron chi connectivity index (χ2n) is 3.38. The minimum absolute atomic E-state index is 0.00874. The van der Waals surface area contributed by atoms with Crippen molar-refractivity contribution in [2.45, 2.75) is 5.03 Å². The number of aromatic nitrogens is 2. The van der Waals surface area contributed by atoms with Crippen molar-refractivity contribution < 1.29 is 13.2 Å². The van der Waals surface area contributed by atoms with Gasteiger partial charge >= 0.3 is 0 Å². The summed E-state index contributed by atoms with van der Waals surface area (Å²) in [6, 6.07) is 6.26. The Hall–Kier alpha value is -1.54. The van der Waals surface area contributed by atoms with Gasteiger partial charge in [0.25, 0.3) is 10.0 Å². The van der Waals surface area contributed by atoms with Crippen LogP contribution >= 0.6 is 15.9 Å². The largest absolute Gasteiger partial charge is 0.496 e. The molecule has 0 aliphatic heterocycles. The van der Waals surface area contributed by atoms with E-state index >= 15 is 0 Å². The van der Waals surface area contributed by atoms with Crippen LogP contribution in [0.2, 0.25) is 0 Å². The molecule has 6 nitrogen and oxygen atoms in total. The molecule has 0 aliphatic rings. The van der Waals surface area contributed by atoms with Crippen LogP contribution in [0.25, 0.3) is 0 Å². The van der Waals surface area contributed by atoms with Crippen molar-refractivity contribution in [1.82, 2.24) is 10.2 Å². The van der Waals surface area contributed by atoms with Crippen molar-refractivity contribution in [2.75, 3.05) is 11.8 Å². The van der Waals surface area contributed by atoms with Crippen LogP contribution in [0.3, 0.4) is 0 Å². The molecule has 1 heterocycles. The van der Waals surface area contributed by atoms with Gasteiger partial charge in [-0.2, -0.15) is 13.5 Å². The molecule has 0 unspecified atom stereocenters. The van der Waals surface area contributed by atoms with E-state index in [9.17, 15) is 8.42 Å². The first kappa shape index (κ1) is 12.9. The topological polar surface area (TPSA) is 84.1 Å². The minimum atomic E-state index is -3.64. The van der Waals surface area contributed by atoms with E-state index in [0.29, 0.717) is 15.9 Å². The summed E-state index contributed by atoms with van der Waals surface area (Å²) in [5, 5.41) is 6.01. The third-order valence-electron chi connectivity index (χ3n) is 2.17. The van der Waals surface area contributed by atoms with Gasteiger partial charge in [-0.3, -0.25) is 9.82 Å². The molecule has 0 bridgehead atoms. The van der Waals surface area contributed by atoms with Crippen LogP contribution in [0.5, 0.6) is 5.75 Å². The summed E-state index contributed by atoms with van der Waals surface area (Å²) in [6.07, 6.45) is 1.37. The van der Waals surface area contributed by atoms with Crippen LogP contribution in [0, 0.1) is 0 Å². The fraction of sp³-hybridized carbons (Fsp3) is 0.100. The van der Waals surface area contributed by atoms with Crippen molar-refractivity contribution >= 4 is 31.6 Å². The Morgan fingerprint density at radius 1 is 1.39 bits per heavy atom. The smallest absolute Gasteiger partial charge is 0.278 e. The SMILES string of the molecule is COc1ccc(NS(=O)(=O)c2ccn[nH]2)cc1Br. The normalized spacial score (nSPS) is 11.2. The molecule has 2 rings (SSSR count). The average molecular weight is 332 g/mol. The zero-order valence-corrected chi connectivity index (χ0v) is 11.7. The molecule has 1 aromatic heterocycles. The highest BCUT2D eigenvalue weighted by molar-refractivity contribution is 9.10. The fourth-order valence-electron chi connectivity index (χ4n) is 1.33. The van der Waals surface area contributed by atoms with Gasteiger partial charge in [0.15, 0.2) is 5.03 Å². The number of benzene rings is 1. The molecule has 96 valence electrons. The lowest BCUT2D eigenvalue weighted by Crippen LogP contribution is -2.13. The van der Waals surface area contributed by atoms with E-state index < -0.39 is 10.0 Å². The van der Waals surface area contributed by atoms with Gasteiger partial charge < -0.3 is 4.74 Å². The van der Waals surface area contributed by atoms with Crippen molar-refractivity contribution in [3.05, 3.63) is 34.9 Å². The van der Waals surface area contributed by atoms with E-state index in [-0.39, 0.29) is 5.03 Å². The Kier molecular flexibility index (Phi) is 3.58. The number of rotatable bonds is 4. The first-order valence-electron chi connectivity index (χ1n) is 4.88. The molecule has 0 saturated heterocycles. The first-order valence-corrected chi connectivity index (χ1v) is 7.16. The van der Waals surface area contributed by atoms with Gasteiger partial charge in [0.1, 0.15) is 5.75 Å². The van der Waals surface area contributed by atoms with Gasteiger partial charge in [-0.05, 0) is 40.2 Å². The number of methoxy groups -OCH3 is 1. The fourth-order valence-corrected chi connectivity index (χ4v) is 2.83. The van der Waals surface area contributed by atoms with Gasteiger partial charge in [0, 0.05) is 0 Å². The number of sulfonamides is 1. The Balaban J connectivity index is 2.27. The molecule has 0 radical (unpaired) electrons. The summed E-state index contributed by atoms with van der Waals surface area (Å²) < 4.78 is 32.0. The van der Waals surface area contributed by atoms with E-state index in [4.69, 9.17) is 4.74 Å². The lowest BCUT2D eigenvalue weighted by Gasteiger charge is -2.08. The van der Waals surface area contributed by atoms with Gasteiger partial charge in [0.05, 0.1) is 23.5 Å². The van der Waals surface area contributed by atoms with Crippen LogP contribution in [-0.2, 0) is 10.0 Å². The Bertz CT molecular complexity index is 640. The average Bonchev–Trinajstić information content (AvgIpc) is 2.82. The Labute approximate surface area is 113 Å². The summed E-state index contributed by atoms with van der Waals surface area (Å²) in [7, 11) is -2.10. The van der Waals surface area contributed by atoms with Crippen LogP contribution in [0.15, 0.2) is 40.0 Å². The third-order valence-corrected chi connectivity index (χ3v) is 4.10. The number of halogens is 1. The maximum absolute atomic E-state index is 11.9. The highest BCUT2D eigenvalue weighted by Gasteiger charge is 2.15. The maximum atomic E-state index is 11.9. The second kappa shape index (κ2) is 4.99. The zero-order valence-electron chi connectivity index (χ0n) is 9.34. The summed E-state index contributed by atoms with van der Waals surface area (Å²) in [6.45, 7) is 0. The molecule has 0 fully saturated rings. The van der Waals surface area contributed by atoms with Gasteiger partial charge in [-0.15, -0.1) is 0 Å². The highest BCUT2D eigenvalue weighted by Crippen LogP contribution is 2.28. The van der Waals surface area contributed by atoms with Crippen LogP contribution in [-0.4, -0.2) is 25.7 Å². The molecule has 0 atom stereocenters. The number of aromatic amines is 1. The standard InChI is InChI=1S/C10H10BrN3O3S/c1-17-9-3-2-7(6-8(9)11)14-18(15,16)10-4-5-12-13-10/h2-6,14H,1H3,(H,12,13). The van der Waals surface area contributed by atoms with Crippen LogP contribution < -0.4 is 9.46 Å². The highest BCUT2D eigenvalue weighted by atomic mass is 79.9. The number of hydrogen-bond donors (Lipinski definition) is 2. The molecule has 1 aromatic carbocycles. The molecule has 2 N–H and O–H groups in total. The first-order chi connectivity index (χ1) is 8.53. The Morgan fingerprint density at radius 2 is 2.17 bits per heavy atom. The Morgan fingerprint density at radius 3 is 2.72 bits per heavy atom. The van der Waals surface area contributed by atoms with E-state index in [2.05, 4.69) is 30.8 Å². The van der Waals surface area contributed by atoms with Crippen LogP contribution in [0.1, 0.15) is 0 Å². The van der Waals surface area contributed by atoms with Gasteiger partial charge in [0.2, 0.25) is 0 Å². The minimum Gasteiger partial charge on any atom is -0.496 e. The molecule has 2 aromatic rings. The summed E-state index contributed by atoms with van der Waals surface area (Å²) in [5.74, 6) is 0.625.